The summed E-state index contributed by atoms with van der Waals surface area (Å²) < 4.78 is 12.9. The van der Waals surface area contributed by atoms with E-state index in [4.69, 9.17) is 11.1 Å². The van der Waals surface area contributed by atoms with Gasteiger partial charge in [0.15, 0.2) is 0 Å². The molecule has 0 aliphatic heterocycles. The van der Waals surface area contributed by atoms with Gasteiger partial charge in [-0.25, -0.2) is 4.39 Å². The first-order valence-electron chi connectivity index (χ1n) is 6.72. The summed E-state index contributed by atoms with van der Waals surface area (Å²) in [6.45, 7) is 7.83. The Kier molecular flexibility index (Phi) is 5.33. The summed E-state index contributed by atoms with van der Waals surface area (Å²) in [6.07, 6.45) is 1.83. The maximum Gasteiger partial charge on any atom is 0.123 e. The number of hydrogen-bond donors (Lipinski definition) is 2. The maximum absolute atomic E-state index is 12.9. The predicted octanol–water partition coefficient (Wildman–Crippen LogP) is 3.39. The number of hydrogen-bond acceptors (Lipinski definition) is 2. The molecule has 0 saturated heterocycles. The van der Waals surface area contributed by atoms with E-state index in [0.29, 0.717) is 0 Å². The van der Waals surface area contributed by atoms with Crippen molar-refractivity contribution in [1.29, 1.82) is 5.41 Å². The number of rotatable bonds is 7. The molecule has 0 saturated carbocycles. The summed E-state index contributed by atoms with van der Waals surface area (Å²) in [5, 5.41) is 7.54. The lowest BCUT2D eigenvalue weighted by Gasteiger charge is -2.27. The third-order valence-electron chi connectivity index (χ3n) is 3.53. The van der Waals surface area contributed by atoms with Crippen molar-refractivity contribution in [1.82, 2.24) is 0 Å². The molecule has 0 unspecified atom stereocenters. The molecular formula is C15H24FN3. The number of anilines is 1. The quantitative estimate of drug-likeness (QED) is 0.586. The van der Waals surface area contributed by atoms with E-state index >= 15 is 0 Å². The Labute approximate surface area is 115 Å². The Morgan fingerprint density at radius 3 is 2.37 bits per heavy atom. The summed E-state index contributed by atoms with van der Waals surface area (Å²) >= 11 is 0. The molecule has 1 aromatic carbocycles. The van der Waals surface area contributed by atoms with Gasteiger partial charge in [-0.15, -0.1) is 0 Å². The van der Waals surface area contributed by atoms with Gasteiger partial charge in [0.2, 0.25) is 0 Å². The molecule has 0 fully saturated rings. The first-order valence-corrected chi connectivity index (χ1v) is 6.72. The lowest BCUT2D eigenvalue weighted by atomic mass is 9.86. The summed E-state index contributed by atoms with van der Waals surface area (Å²) in [7, 11) is 0. The van der Waals surface area contributed by atoms with Crippen LogP contribution < -0.4 is 10.6 Å². The molecule has 0 aromatic heterocycles. The van der Waals surface area contributed by atoms with Crippen molar-refractivity contribution in [2.45, 2.75) is 33.6 Å². The normalized spacial score (nSPS) is 11.4. The van der Waals surface area contributed by atoms with Gasteiger partial charge < -0.3 is 10.6 Å². The van der Waals surface area contributed by atoms with Gasteiger partial charge in [-0.1, -0.05) is 13.8 Å². The fourth-order valence-electron chi connectivity index (χ4n) is 1.97. The van der Waals surface area contributed by atoms with Crippen LogP contribution in [0.15, 0.2) is 24.3 Å². The zero-order valence-corrected chi connectivity index (χ0v) is 12.0. The van der Waals surface area contributed by atoms with Gasteiger partial charge in [0.25, 0.3) is 0 Å². The highest BCUT2D eigenvalue weighted by Crippen LogP contribution is 2.23. The topological polar surface area (TPSA) is 53.1 Å². The average molecular weight is 265 g/mol. The molecule has 1 rings (SSSR count). The van der Waals surface area contributed by atoms with Crippen LogP contribution in [-0.2, 0) is 0 Å². The molecule has 3 N–H and O–H groups in total. The molecule has 106 valence electrons. The standard InChI is InChI=1S/C15H24FN3/c1-4-19(13-8-6-12(16)7-9-13)11-5-10-15(2,3)14(17)18/h6-9H,4-5,10-11H2,1-3H3,(H3,17,18). The molecule has 1 aromatic rings. The van der Waals surface area contributed by atoms with Crippen LogP contribution in [0.25, 0.3) is 0 Å². The number of halogens is 1. The molecule has 4 heteroatoms. The highest BCUT2D eigenvalue weighted by atomic mass is 19.1. The van der Waals surface area contributed by atoms with Crippen LogP contribution >= 0.6 is 0 Å². The third-order valence-corrected chi connectivity index (χ3v) is 3.53. The lowest BCUT2D eigenvalue weighted by Crippen LogP contribution is -2.32. The molecule has 0 amide bonds. The Bertz CT molecular complexity index is 412. The molecule has 0 spiro atoms. The zero-order chi connectivity index (χ0) is 14.5. The Morgan fingerprint density at radius 2 is 1.89 bits per heavy atom. The van der Waals surface area contributed by atoms with Crippen molar-refractivity contribution in [3.05, 3.63) is 30.1 Å². The molecular weight excluding hydrogens is 241 g/mol. The second-order valence-electron chi connectivity index (χ2n) is 5.46. The number of benzene rings is 1. The summed E-state index contributed by atoms with van der Waals surface area (Å²) in [5.41, 5.74) is 6.36. The largest absolute Gasteiger partial charge is 0.387 e. The predicted molar refractivity (Wildman–Crippen MR) is 79.2 cm³/mol. The number of nitrogens with one attached hydrogen (secondary N) is 1. The van der Waals surface area contributed by atoms with Crippen LogP contribution in [-0.4, -0.2) is 18.9 Å². The van der Waals surface area contributed by atoms with Crippen LogP contribution in [0.3, 0.4) is 0 Å². The van der Waals surface area contributed by atoms with Gasteiger partial charge in [0, 0.05) is 24.2 Å². The monoisotopic (exact) mass is 265 g/mol. The minimum absolute atomic E-state index is 0.211. The number of nitrogens with zero attached hydrogens (tertiary/aromatic N) is 1. The summed E-state index contributed by atoms with van der Waals surface area (Å²) in [4.78, 5) is 2.20. The molecule has 0 aliphatic rings. The van der Waals surface area contributed by atoms with Gasteiger partial charge in [0.05, 0.1) is 5.84 Å². The van der Waals surface area contributed by atoms with E-state index in [-0.39, 0.29) is 17.1 Å². The molecule has 0 bridgehead atoms. The van der Waals surface area contributed by atoms with Crippen molar-refractivity contribution in [3.63, 3.8) is 0 Å². The maximum atomic E-state index is 12.9. The first kappa shape index (κ1) is 15.5. The molecule has 0 atom stereocenters. The van der Waals surface area contributed by atoms with Crippen molar-refractivity contribution < 1.29 is 4.39 Å². The molecule has 19 heavy (non-hydrogen) atoms. The molecule has 0 heterocycles. The SMILES string of the molecule is CCN(CCCC(C)(C)C(=N)N)c1ccc(F)cc1. The molecule has 3 nitrogen and oxygen atoms in total. The van der Waals surface area contributed by atoms with Crippen molar-refractivity contribution in [2.75, 3.05) is 18.0 Å². The highest BCUT2D eigenvalue weighted by molar-refractivity contribution is 5.82. The van der Waals surface area contributed by atoms with E-state index in [0.717, 1.165) is 31.6 Å². The van der Waals surface area contributed by atoms with E-state index in [1.807, 2.05) is 13.8 Å². The highest BCUT2D eigenvalue weighted by Gasteiger charge is 2.21. The first-order chi connectivity index (χ1) is 8.86. The van der Waals surface area contributed by atoms with E-state index in [9.17, 15) is 4.39 Å². The van der Waals surface area contributed by atoms with Gasteiger partial charge in [0.1, 0.15) is 5.82 Å². The van der Waals surface area contributed by atoms with Gasteiger partial charge in [-0.2, -0.15) is 0 Å². The van der Waals surface area contributed by atoms with E-state index < -0.39 is 0 Å². The zero-order valence-electron chi connectivity index (χ0n) is 12.0. The van der Waals surface area contributed by atoms with E-state index in [2.05, 4.69) is 11.8 Å². The average Bonchev–Trinajstić information content (AvgIpc) is 2.36. The second kappa shape index (κ2) is 6.55. The van der Waals surface area contributed by atoms with Crippen molar-refractivity contribution >= 4 is 11.5 Å². The van der Waals surface area contributed by atoms with Crippen LogP contribution in [0.4, 0.5) is 10.1 Å². The smallest absolute Gasteiger partial charge is 0.123 e. The van der Waals surface area contributed by atoms with Gasteiger partial charge >= 0.3 is 0 Å². The fraction of sp³-hybridized carbons (Fsp3) is 0.533. The van der Waals surface area contributed by atoms with Crippen molar-refractivity contribution in [2.24, 2.45) is 11.1 Å². The Morgan fingerprint density at radius 1 is 1.32 bits per heavy atom. The minimum Gasteiger partial charge on any atom is -0.387 e. The van der Waals surface area contributed by atoms with E-state index in [1.54, 1.807) is 12.1 Å². The Hall–Kier alpha value is -1.58. The number of nitrogens with two attached hydrogens (primary N) is 1. The Balaban J connectivity index is 2.54. The molecule has 0 aliphatic carbocycles. The fourth-order valence-corrected chi connectivity index (χ4v) is 1.97. The van der Waals surface area contributed by atoms with Crippen molar-refractivity contribution in [3.8, 4) is 0 Å². The summed E-state index contributed by atoms with van der Waals surface area (Å²) in [6, 6.07) is 6.57. The molecule has 0 radical (unpaired) electrons. The van der Waals surface area contributed by atoms with Gasteiger partial charge in [-0.05, 0) is 44.0 Å². The second-order valence-corrected chi connectivity index (χ2v) is 5.46. The number of amidine groups is 1. The van der Waals surface area contributed by atoms with Crippen LogP contribution in [0.2, 0.25) is 0 Å². The van der Waals surface area contributed by atoms with Crippen LogP contribution in [0, 0.1) is 16.6 Å². The minimum atomic E-state index is -0.248. The summed E-state index contributed by atoms with van der Waals surface area (Å²) in [5.74, 6) is 0.0230. The van der Waals surface area contributed by atoms with Gasteiger partial charge in [-0.3, -0.25) is 5.41 Å². The lowest BCUT2D eigenvalue weighted by molar-refractivity contribution is 0.450. The third kappa shape index (κ3) is 4.54. The van der Waals surface area contributed by atoms with E-state index in [1.165, 1.54) is 12.1 Å². The van der Waals surface area contributed by atoms with Crippen LogP contribution in [0.5, 0.6) is 0 Å². The van der Waals surface area contributed by atoms with Crippen LogP contribution in [0.1, 0.15) is 33.6 Å².